The molecule has 4 nitrogen and oxygen atoms in total. The number of amides is 1. The number of carbonyl (C=O) groups is 1. The maximum atomic E-state index is 12.8. The van der Waals surface area contributed by atoms with Crippen molar-refractivity contribution in [2.24, 2.45) is 0 Å². The Morgan fingerprint density at radius 3 is 2.50 bits per heavy atom. The third-order valence-corrected chi connectivity index (χ3v) is 3.74. The molecule has 0 spiro atoms. The van der Waals surface area contributed by atoms with E-state index in [1.807, 2.05) is 12.1 Å². The SMILES string of the molecule is O=C(Cc1ccc(F)cc1)Nc1ccc(N2CCCC2)nc1. The Balaban J connectivity index is 1.57. The molecule has 114 valence electrons. The zero-order valence-electron chi connectivity index (χ0n) is 12.3. The average Bonchev–Trinajstić information content (AvgIpc) is 3.05. The van der Waals surface area contributed by atoms with Crippen LogP contribution in [-0.4, -0.2) is 24.0 Å². The van der Waals surface area contributed by atoms with E-state index in [9.17, 15) is 9.18 Å². The highest BCUT2D eigenvalue weighted by atomic mass is 19.1. The number of aromatic nitrogens is 1. The Hall–Kier alpha value is -2.43. The standard InChI is InChI=1S/C17H18FN3O/c18-14-5-3-13(4-6-14)11-17(22)20-15-7-8-16(19-12-15)21-9-1-2-10-21/h3-8,12H,1-2,9-11H2,(H,20,22). The Labute approximate surface area is 129 Å². The molecule has 1 aliphatic heterocycles. The van der Waals surface area contributed by atoms with Crippen molar-refractivity contribution in [1.29, 1.82) is 0 Å². The topological polar surface area (TPSA) is 45.2 Å². The minimum Gasteiger partial charge on any atom is -0.357 e. The zero-order valence-corrected chi connectivity index (χ0v) is 12.3. The summed E-state index contributed by atoms with van der Waals surface area (Å²) in [6, 6.07) is 9.74. The molecular weight excluding hydrogens is 281 g/mol. The molecule has 1 aliphatic rings. The molecule has 0 saturated carbocycles. The lowest BCUT2D eigenvalue weighted by molar-refractivity contribution is -0.115. The van der Waals surface area contributed by atoms with Crippen molar-refractivity contribution in [2.45, 2.75) is 19.3 Å². The first-order valence-corrected chi connectivity index (χ1v) is 7.46. The molecule has 2 heterocycles. The van der Waals surface area contributed by atoms with E-state index in [1.165, 1.54) is 25.0 Å². The highest BCUT2D eigenvalue weighted by Gasteiger charge is 2.13. The molecule has 0 radical (unpaired) electrons. The van der Waals surface area contributed by atoms with Gasteiger partial charge in [-0.25, -0.2) is 9.37 Å². The lowest BCUT2D eigenvalue weighted by Crippen LogP contribution is -2.19. The largest absolute Gasteiger partial charge is 0.357 e. The summed E-state index contributed by atoms with van der Waals surface area (Å²) >= 11 is 0. The molecule has 22 heavy (non-hydrogen) atoms. The van der Waals surface area contributed by atoms with Gasteiger partial charge in [0, 0.05) is 13.1 Å². The number of hydrogen-bond acceptors (Lipinski definition) is 3. The molecule has 0 bridgehead atoms. The predicted octanol–water partition coefficient (Wildman–Crippen LogP) is 3.00. The van der Waals surface area contributed by atoms with Crippen LogP contribution in [0, 0.1) is 5.82 Å². The van der Waals surface area contributed by atoms with Gasteiger partial charge >= 0.3 is 0 Å². The molecule has 1 N–H and O–H groups in total. The van der Waals surface area contributed by atoms with Gasteiger partial charge in [-0.3, -0.25) is 4.79 Å². The van der Waals surface area contributed by atoms with Gasteiger partial charge in [0.15, 0.2) is 0 Å². The number of anilines is 2. The zero-order chi connectivity index (χ0) is 15.4. The number of hydrogen-bond donors (Lipinski definition) is 1. The second kappa shape index (κ2) is 6.56. The number of pyridine rings is 1. The second-order valence-corrected chi connectivity index (χ2v) is 5.45. The first-order valence-electron chi connectivity index (χ1n) is 7.46. The molecule has 2 aromatic rings. The van der Waals surface area contributed by atoms with Crippen molar-refractivity contribution < 1.29 is 9.18 Å². The molecule has 5 heteroatoms. The minimum atomic E-state index is -0.300. The molecule has 1 fully saturated rings. The number of rotatable bonds is 4. The van der Waals surface area contributed by atoms with Gasteiger partial charge in [-0.05, 0) is 42.7 Å². The molecule has 1 saturated heterocycles. The Kier molecular flexibility index (Phi) is 4.32. The molecule has 1 amide bonds. The monoisotopic (exact) mass is 299 g/mol. The summed E-state index contributed by atoms with van der Waals surface area (Å²) in [5.74, 6) is 0.516. The van der Waals surface area contributed by atoms with E-state index in [2.05, 4.69) is 15.2 Å². The van der Waals surface area contributed by atoms with Crippen LogP contribution in [-0.2, 0) is 11.2 Å². The van der Waals surface area contributed by atoms with Crippen molar-refractivity contribution in [3.8, 4) is 0 Å². The highest BCUT2D eigenvalue weighted by Crippen LogP contribution is 2.19. The van der Waals surface area contributed by atoms with Crippen LogP contribution < -0.4 is 10.2 Å². The van der Waals surface area contributed by atoms with E-state index in [0.717, 1.165) is 24.5 Å². The van der Waals surface area contributed by atoms with Gasteiger partial charge < -0.3 is 10.2 Å². The molecule has 3 rings (SSSR count). The smallest absolute Gasteiger partial charge is 0.228 e. The van der Waals surface area contributed by atoms with Gasteiger partial charge in [0.05, 0.1) is 18.3 Å². The fourth-order valence-electron chi connectivity index (χ4n) is 2.59. The average molecular weight is 299 g/mol. The summed E-state index contributed by atoms with van der Waals surface area (Å²) < 4.78 is 12.8. The van der Waals surface area contributed by atoms with Crippen LogP contribution in [0.2, 0.25) is 0 Å². The summed E-state index contributed by atoms with van der Waals surface area (Å²) in [4.78, 5) is 18.6. The van der Waals surface area contributed by atoms with Gasteiger partial charge in [-0.2, -0.15) is 0 Å². The van der Waals surface area contributed by atoms with Crippen LogP contribution >= 0.6 is 0 Å². The van der Waals surface area contributed by atoms with Crippen molar-refractivity contribution in [2.75, 3.05) is 23.3 Å². The molecule has 0 aliphatic carbocycles. The fourth-order valence-corrected chi connectivity index (χ4v) is 2.59. The van der Waals surface area contributed by atoms with E-state index < -0.39 is 0 Å². The number of halogens is 1. The fraction of sp³-hybridized carbons (Fsp3) is 0.294. The predicted molar refractivity (Wildman–Crippen MR) is 84.4 cm³/mol. The lowest BCUT2D eigenvalue weighted by atomic mass is 10.1. The van der Waals surface area contributed by atoms with E-state index in [1.54, 1.807) is 18.3 Å². The van der Waals surface area contributed by atoms with Gasteiger partial charge in [-0.1, -0.05) is 12.1 Å². The number of nitrogens with zero attached hydrogens (tertiary/aromatic N) is 2. The van der Waals surface area contributed by atoms with Gasteiger partial charge in [0.25, 0.3) is 0 Å². The normalized spacial score (nSPS) is 14.1. The van der Waals surface area contributed by atoms with E-state index in [0.29, 0.717) is 5.69 Å². The maximum absolute atomic E-state index is 12.8. The van der Waals surface area contributed by atoms with Crippen LogP contribution in [0.4, 0.5) is 15.9 Å². The van der Waals surface area contributed by atoms with Crippen LogP contribution in [0.15, 0.2) is 42.6 Å². The number of nitrogens with one attached hydrogen (secondary N) is 1. The van der Waals surface area contributed by atoms with Crippen molar-refractivity contribution in [1.82, 2.24) is 4.98 Å². The van der Waals surface area contributed by atoms with E-state index in [-0.39, 0.29) is 18.1 Å². The Bertz CT molecular complexity index is 634. The number of benzene rings is 1. The quantitative estimate of drug-likeness (QED) is 0.944. The van der Waals surface area contributed by atoms with Crippen LogP contribution in [0.1, 0.15) is 18.4 Å². The molecule has 0 atom stereocenters. The van der Waals surface area contributed by atoms with E-state index >= 15 is 0 Å². The molecule has 1 aromatic heterocycles. The third-order valence-electron chi connectivity index (χ3n) is 3.74. The van der Waals surface area contributed by atoms with Gasteiger partial charge in [0.1, 0.15) is 11.6 Å². The Morgan fingerprint density at radius 2 is 1.86 bits per heavy atom. The summed E-state index contributed by atoms with van der Waals surface area (Å²) in [6.07, 6.45) is 4.31. The molecule has 1 aromatic carbocycles. The lowest BCUT2D eigenvalue weighted by Gasteiger charge is -2.16. The second-order valence-electron chi connectivity index (χ2n) is 5.45. The molecule has 0 unspecified atom stereocenters. The van der Waals surface area contributed by atoms with Crippen LogP contribution in [0.25, 0.3) is 0 Å². The Morgan fingerprint density at radius 1 is 1.14 bits per heavy atom. The summed E-state index contributed by atoms with van der Waals surface area (Å²) in [7, 11) is 0. The van der Waals surface area contributed by atoms with E-state index in [4.69, 9.17) is 0 Å². The summed E-state index contributed by atoms with van der Waals surface area (Å²) in [5.41, 5.74) is 1.45. The number of carbonyl (C=O) groups excluding carboxylic acids is 1. The van der Waals surface area contributed by atoms with Crippen LogP contribution in [0.5, 0.6) is 0 Å². The van der Waals surface area contributed by atoms with Crippen LogP contribution in [0.3, 0.4) is 0 Å². The van der Waals surface area contributed by atoms with Crippen molar-refractivity contribution in [3.63, 3.8) is 0 Å². The first kappa shape index (κ1) is 14.5. The minimum absolute atomic E-state index is 0.137. The first-order chi connectivity index (χ1) is 10.7. The highest BCUT2D eigenvalue weighted by molar-refractivity contribution is 5.92. The molecular formula is C17H18FN3O. The van der Waals surface area contributed by atoms with Crippen molar-refractivity contribution >= 4 is 17.4 Å². The van der Waals surface area contributed by atoms with Gasteiger partial charge in [-0.15, -0.1) is 0 Å². The van der Waals surface area contributed by atoms with Gasteiger partial charge in [0.2, 0.25) is 5.91 Å². The van der Waals surface area contributed by atoms with Crippen molar-refractivity contribution in [3.05, 3.63) is 54.0 Å². The summed E-state index contributed by atoms with van der Waals surface area (Å²) in [5, 5.41) is 2.81. The maximum Gasteiger partial charge on any atom is 0.228 e. The summed E-state index contributed by atoms with van der Waals surface area (Å²) in [6.45, 7) is 2.09. The third kappa shape index (κ3) is 3.61.